The number of rotatable bonds is 7. The molecule has 1 atom stereocenters. The minimum Gasteiger partial charge on any atom is -0.497 e. The fourth-order valence-electron chi connectivity index (χ4n) is 2.15. The van der Waals surface area contributed by atoms with Crippen LogP contribution in [0.15, 0.2) is 48.5 Å². The van der Waals surface area contributed by atoms with E-state index in [9.17, 15) is 14.7 Å². The fraction of sp³-hybridized carbons (Fsp3) is 0.263. The molecular formula is C19H21NO6. The van der Waals surface area contributed by atoms with Crippen molar-refractivity contribution in [3.8, 4) is 11.5 Å². The van der Waals surface area contributed by atoms with E-state index in [-0.39, 0.29) is 24.8 Å². The first-order valence-corrected chi connectivity index (χ1v) is 8.08. The van der Waals surface area contributed by atoms with Crippen LogP contribution in [-0.2, 0) is 4.74 Å². The third-order valence-electron chi connectivity index (χ3n) is 3.54. The van der Waals surface area contributed by atoms with Gasteiger partial charge >= 0.3 is 6.16 Å². The highest BCUT2D eigenvalue weighted by molar-refractivity contribution is 5.94. The Kier molecular flexibility index (Phi) is 6.99. The molecule has 1 amide bonds. The van der Waals surface area contributed by atoms with Gasteiger partial charge in [0.05, 0.1) is 19.8 Å². The highest BCUT2D eigenvalue weighted by atomic mass is 16.7. The highest BCUT2D eigenvalue weighted by Crippen LogP contribution is 2.17. The molecule has 7 nitrogen and oxygen atoms in total. The molecule has 0 aliphatic carbocycles. The number of nitrogens with one attached hydrogen (secondary N) is 1. The minimum atomic E-state index is -0.837. The number of methoxy groups -OCH3 is 1. The van der Waals surface area contributed by atoms with Crippen molar-refractivity contribution in [3.05, 3.63) is 59.7 Å². The Labute approximate surface area is 151 Å². The Bertz CT molecular complexity index is 727. The van der Waals surface area contributed by atoms with Gasteiger partial charge in [-0.25, -0.2) is 4.79 Å². The summed E-state index contributed by atoms with van der Waals surface area (Å²) in [7, 11) is 1.56. The molecule has 0 aliphatic rings. The summed E-state index contributed by atoms with van der Waals surface area (Å²) in [6.45, 7) is 1.96. The number of amides is 1. The predicted octanol–water partition coefficient (Wildman–Crippen LogP) is 2.69. The van der Waals surface area contributed by atoms with Crippen LogP contribution >= 0.6 is 0 Å². The van der Waals surface area contributed by atoms with Gasteiger partial charge in [-0.1, -0.05) is 12.1 Å². The van der Waals surface area contributed by atoms with Crippen LogP contribution in [0.3, 0.4) is 0 Å². The summed E-state index contributed by atoms with van der Waals surface area (Å²) in [6, 6.07) is 13.0. The van der Waals surface area contributed by atoms with Crippen LogP contribution in [0.2, 0.25) is 0 Å². The van der Waals surface area contributed by atoms with Gasteiger partial charge in [0.1, 0.15) is 11.5 Å². The lowest BCUT2D eigenvalue weighted by molar-refractivity contribution is 0.0916. The zero-order valence-corrected chi connectivity index (χ0v) is 14.6. The van der Waals surface area contributed by atoms with E-state index in [4.69, 9.17) is 9.47 Å². The van der Waals surface area contributed by atoms with E-state index in [1.807, 2.05) is 0 Å². The van der Waals surface area contributed by atoms with Crippen molar-refractivity contribution in [2.24, 2.45) is 0 Å². The Morgan fingerprint density at radius 1 is 1.04 bits per heavy atom. The topological polar surface area (TPSA) is 94.1 Å². The Morgan fingerprint density at radius 2 is 1.65 bits per heavy atom. The number of ether oxygens (including phenoxy) is 3. The number of carbonyl (C=O) groups excluding carboxylic acids is 2. The van der Waals surface area contributed by atoms with E-state index < -0.39 is 12.3 Å². The lowest BCUT2D eigenvalue weighted by atomic mass is 10.1. The molecular weight excluding hydrogens is 338 g/mol. The molecule has 2 aromatic carbocycles. The third kappa shape index (κ3) is 5.49. The van der Waals surface area contributed by atoms with E-state index >= 15 is 0 Å². The third-order valence-corrected chi connectivity index (χ3v) is 3.54. The Hall–Kier alpha value is -3.06. The molecule has 26 heavy (non-hydrogen) atoms. The molecule has 0 spiro atoms. The fourth-order valence-corrected chi connectivity index (χ4v) is 2.15. The number of aliphatic hydroxyl groups excluding tert-OH is 1. The van der Waals surface area contributed by atoms with Crippen LogP contribution in [0.4, 0.5) is 4.79 Å². The normalized spacial score (nSPS) is 11.3. The molecule has 0 saturated heterocycles. The zero-order valence-electron chi connectivity index (χ0n) is 14.6. The summed E-state index contributed by atoms with van der Waals surface area (Å²) in [6.07, 6.45) is -1.64. The second-order valence-electron chi connectivity index (χ2n) is 5.31. The first-order chi connectivity index (χ1) is 12.5. The average Bonchev–Trinajstić information content (AvgIpc) is 2.66. The largest absolute Gasteiger partial charge is 0.513 e. The van der Waals surface area contributed by atoms with Gasteiger partial charge in [-0.3, -0.25) is 4.79 Å². The van der Waals surface area contributed by atoms with Crippen molar-refractivity contribution >= 4 is 12.1 Å². The van der Waals surface area contributed by atoms with Crippen LogP contribution in [0.25, 0.3) is 0 Å². The van der Waals surface area contributed by atoms with E-state index in [1.165, 1.54) is 24.3 Å². The molecule has 0 fully saturated rings. The molecule has 0 heterocycles. The summed E-state index contributed by atoms with van der Waals surface area (Å²) in [5, 5.41) is 12.8. The Balaban J connectivity index is 1.87. The number of hydrogen-bond donors (Lipinski definition) is 2. The van der Waals surface area contributed by atoms with Gasteiger partial charge in [0.2, 0.25) is 0 Å². The standard InChI is InChI=1S/C19H21NO6/c1-3-25-19(23)26-16-10-6-14(7-11-16)18(22)20-12-17(21)13-4-8-15(24-2)9-5-13/h4-11,17,21H,3,12H2,1-2H3,(H,20,22). The van der Waals surface area contributed by atoms with Crippen molar-refractivity contribution < 1.29 is 28.9 Å². The molecule has 0 bridgehead atoms. The van der Waals surface area contributed by atoms with Crippen molar-refractivity contribution in [2.75, 3.05) is 20.3 Å². The number of carbonyl (C=O) groups is 2. The van der Waals surface area contributed by atoms with Crippen LogP contribution in [0.5, 0.6) is 11.5 Å². The SMILES string of the molecule is CCOC(=O)Oc1ccc(C(=O)NCC(O)c2ccc(OC)cc2)cc1. The maximum atomic E-state index is 12.1. The first kappa shape index (κ1) is 19.3. The maximum Gasteiger partial charge on any atom is 0.513 e. The van der Waals surface area contributed by atoms with Crippen molar-refractivity contribution in [1.29, 1.82) is 0 Å². The summed E-state index contributed by atoms with van der Waals surface area (Å²) < 4.78 is 14.7. The predicted molar refractivity (Wildman–Crippen MR) is 94.4 cm³/mol. The van der Waals surface area contributed by atoms with Gasteiger partial charge in [0.15, 0.2) is 0 Å². The first-order valence-electron chi connectivity index (χ1n) is 8.08. The summed E-state index contributed by atoms with van der Waals surface area (Å²) in [4.78, 5) is 23.4. The average molecular weight is 359 g/mol. The van der Waals surface area contributed by atoms with E-state index in [1.54, 1.807) is 38.3 Å². The van der Waals surface area contributed by atoms with Crippen molar-refractivity contribution in [3.63, 3.8) is 0 Å². The molecule has 2 rings (SSSR count). The molecule has 2 aromatic rings. The summed E-state index contributed by atoms with van der Waals surface area (Å²) >= 11 is 0. The summed E-state index contributed by atoms with van der Waals surface area (Å²) in [5.74, 6) is 0.619. The van der Waals surface area contributed by atoms with Gasteiger partial charge in [-0.05, 0) is 48.9 Å². The maximum absolute atomic E-state index is 12.1. The van der Waals surface area contributed by atoms with E-state index in [2.05, 4.69) is 10.1 Å². The van der Waals surface area contributed by atoms with Crippen LogP contribution in [0, 0.1) is 0 Å². The van der Waals surface area contributed by atoms with Crippen LogP contribution in [-0.4, -0.2) is 37.4 Å². The lowest BCUT2D eigenvalue weighted by Gasteiger charge is -2.13. The van der Waals surface area contributed by atoms with Gasteiger partial charge < -0.3 is 24.6 Å². The molecule has 1 unspecified atom stereocenters. The second kappa shape index (κ2) is 9.43. The van der Waals surface area contributed by atoms with Gasteiger partial charge in [0.25, 0.3) is 5.91 Å². The Morgan fingerprint density at radius 3 is 2.23 bits per heavy atom. The summed E-state index contributed by atoms with van der Waals surface area (Å²) in [5.41, 5.74) is 1.05. The molecule has 2 N–H and O–H groups in total. The molecule has 0 aromatic heterocycles. The number of benzene rings is 2. The molecule has 0 radical (unpaired) electrons. The number of hydrogen-bond acceptors (Lipinski definition) is 6. The second-order valence-corrected chi connectivity index (χ2v) is 5.31. The van der Waals surface area contributed by atoms with Crippen LogP contribution in [0.1, 0.15) is 28.9 Å². The smallest absolute Gasteiger partial charge is 0.497 e. The lowest BCUT2D eigenvalue weighted by Crippen LogP contribution is -2.28. The van der Waals surface area contributed by atoms with Gasteiger partial charge in [0, 0.05) is 12.1 Å². The van der Waals surface area contributed by atoms with E-state index in [0.29, 0.717) is 16.9 Å². The van der Waals surface area contributed by atoms with Crippen LogP contribution < -0.4 is 14.8 Å². The molecule has 7 heteroatoms. The zero-order chi connectivity index (χ0) is 18.9. The minimum absolute atomic E-state index is 0.0617. The molecule has 138 valence electrons. The molecule has 0 saturated carbocycles. The van der Waals surface area contributed by atoms with Crippen molar-refractivity contribution in [1.82, 2.24) is 5.32 Å². The number of aliphatic hydroxyl groups is 1. The molecule has 0 aliphatic heterocycles. The highest BCUT2D eigenvalue weighted by Gasteiger charge is 2.12. The van der Waals surface area contributed by atoms with Gasteiger partial charge in [-0.15, -0.1) is 0 Å². The monoisotopic (exact) mass is 359 g/mol. The quantitative estimate of drug-likeness (QED) is 0.583. The van der Waals surface area contributed by atoms with Crippen molar-refractivity contribution in [2.45, 2.75) is 13.0 Å². The van der Waals surface area contributed by atoms with Gasteiger partial charge in [-0.2, -0.15) is 0 Å². The van der Waals surface area contributed by atoms with E-state index in [0.717, 1.165) is 0 Å².